The molecule has 0 radical (unpaired) electrons. The SMILES string of the molecule is CC1(C)c2ccccc2-c2cc3ccc(N(c4ccc5oc6ccccc6c5c4)c4ccccc4-c4ccccc4)cc3cc21. The highest BCUT2D eigenvalue weighted by Crippen LogP contribution is 2.50. The summed E-state index contributed by atoms with van der Waals surface area (Å²) in [6, 6.07) is 54.8. The molecule has 0 N–H and O–H groups in total. The van der Waals surface area contributed by atoms with E-state index < -0.39 is 0 Å². The van der Waals surface area contributed by atoms with Crippen molar-refractivity contribution in [2.24, 2.45) is 0 Å². The molecule has 1 aliphatic rings. The van der Waals surface area contributed by atoms with Crippen LogP contribution in [0.15, 0.2) is 156 Å². The summed E-state index contributed by atoms with van der Waals surface area (Å²) in [7, 11) is 0. The zero-order chi connectivity index (χ0) is 30.1. The van der Waals surface area contributed by atoms with Gasteiger partial charge >= 0.3 is 0 Å². The summed E-state index contributed by atoms with van der Waals surface area (Å²) in [6.45, 7) is 4.69. The molecule has 1 aliphatic carbocycles. The number of nitrogens with zero attached hydrogens (tertiary/aromatic N) is 1. The Labute approximate surface area is 262 Å². The van der Waals surface area contributed by atoms with E-state index in [-0.39, 0.29) is 5.41 Å². The average molecular weight is 578 g/mol. The number of benzene rings is 7. The normalized spacial score (nSPS) is 13.3. The van der Waals surface area contributed by atoms with Crippen LogP contribution in [0.1, 0.15) is 25.0 Å². The van der Waals surface area contributed by atoms with E-state index in [9.17, 15) is 0 Å². The minimum atomic E-state index is -0.0525. The van der Waals surface area contributed by atoms with E-state index in [1.165, 1.54) is 44.2 Å². The van der Waals surface area contributed by atoms with E-state index in [1.807, 2.05) is 12.1 Å². The van der Waals surface area contributed by atoms with Crippen molar-refractivity contribution in [3.05, 3.63) is 163 Å². The molecule has 8 aromatic rings. The van der Waals surface area contributed by atoms with E-state index in [2.05, 4.69) is 158 Å². The second kappa shape index (κ2) is 9.70. The Morgan fingerprint density at radius 3 is 2.04 bits per heavy atom. The number of rotatable bonds is 4. The van der Waals surface area contributed by atoms with E-state index in [1.54, 1.807) is 0 Å². The number of fused-ring (bicyclic) bond motifs is 7. The lowest BCUT2D eigenvalue weighted by atomic mass is 9.82. The highest BCUT2D eigenvalue weighted by Gasteiger charge is 2.35. The molecule has 0 spiro atoms. The van der Waals surface area contributed by atoms with Gasteiger partial charge in [-0.25, -0.2) is 0 Å². The molecule has 1 aromatic heterocycles. The first-order valence-corrected chi connectivity index (χ1v) is 15.6. The van der Waals surface area contributed by atoms with E-state index in [0.717, 1.165) is 39.0 Å². The van der Waals surface area contributed by atoms with Gasteiger partial charge in [0.15, 0.2) is 0 Å². The molecule has 0 amide bonds. The van der Waals surface area contributed by atoms with Crippen LogP contribution in [0, 0.1) is 0 Å². The number of hydrogen-bond acceptors (Lipinski definition) is 2. The standard InChI is InChI=1S/C43H31NO/c1-43(2)38-17-9-6-15-34(38)36-25-29-20-21-31(24-30(29)26-39(36)43)44(40-18-10-7-14-33(40)28-12-4-3-5-13-28)32-22-23-42-37(27-32)35-16-8-11-19-41(35)45-42/h3-27H,1-2H3. The van der Waals surface area contributed by atoms with Crippen LogP contribution in [0.5, 0.6) is 0 Å². The molecule has 2 nitrogen and oxygen atoms in total. The van der Waals surface area contributed by atoms with Gasteiger partial charge in [0, 0.05) is 33.1 Å². The Morgan fingerprint density at radius 2 is 1.16 bits per heavy atom. The fraction of sp³-hybridized carbons (Fsp3) is 0.0698. The Bertz CT molecular complexity index is 2410. The van der Waals surface area contributed by atoms with Gasteiger partial charge in [0.25, 0.3) is 0 Å². The van der Waals surface area contributed by atoms with Gasteiger partial charge in [-0.1, -0.05) is 111 Å². The van der Waals surface area contributed by atoms with Crippen molar-refractivity contribution in [1.29, 1.82) is 0 Å². The maximum absolute atomic E-state index is 6.22. The molecule has 0 fully saturated rings. The van der Waals surface area contributed by atoms with Crippen molar-refractivity contribution in [3.63, 3.8) is 0 Å². The van der Waals surface area contributed by atoms with Crippen molar-refractivity contribution < 1.29 is 4.42 Å². The summed E-state index contributed by atoms with van der Waals surface area (Å²) >= 11 is 0. The van der Waals surface area contributed by atoms with E-state index in [4.69, 9.17) is 4.42 Å². The van der Waals surface area contributed by atoms with Crippen LogP contribution in [0.4, 0.5) is 17.1 Å². The third-order valence-corrected chi connectivity index (χ3v) is 9.63. The second-order valence-electron chi connectivity index (χ2n) is 12.6. The minimum absolute atomic E-state index is 0.0525. The lowest BCUT2D eigenvalue weighted by Crippen LogP contribution is -2.15. The third-order valence-electron chi connectivity index (χ3n) is 9.63. The highest BCUT2D eigenvalue weighted by molar-refractivity contribution is 6.07. The van der Waals surface area contributed by atoms with E-state index in [0.29, 0.717) is 0 Å². The molecule has 0 unspecified atom stereocenters. The van der Waals surface area contributed by atoms with Crippen molar-refractivity contribution in [2.75, 3.05) is 4.90 Å². The third kappa shape index (κ3) is 3.96. The number of hydrogen-bond donors (Lipinski definition) is 0. The van der Waals surface area contributed by atoms with E-state index >= 15 is 0 Å². The van der Waals surface area contributed by atoms with Gasteiger partial charge in [-0.3, -0.25) is 0 Å². The molecule has 0 bridgehead atoms. The lowest BCUT2D eigenvalue weighted by Gasteiger charge is -2.28. The Hall–Kier alpha value is -5.60. The van der Waals surface area contributed by atoms with Gasteiger partial charge < -0.3 is 9.32 Å². The van der Waals surface area contributed by atoms with Crippen LogP contribution < -0.4 is 4.90 Å². The predicted octanol–water partition coefficient (Wildman–Crippen LogP) is 12.2. The number of furan rings is 1. The Morgan fingerprint density at radius 1 is 0.467 bits per heavy atom. The summed E-state index contributed by atoms with van der Waals surface area (Å²) in [5.74, 6) is 0. The second-order valence-corrected chi connectivity index (χ2v) is 12.6. The van der Waals surface area contributed by atoms with Crippen LogP contribution in [-0.2, 0) is 5.41 Å². The maximum atomic E-state index is 6.22. The highest BCUT2D eigenvalue weighted by atomic mass is 16.3. The van der Waals surface area contributed by atoms with Gasteiger partial charge in [-0.2, -0.15) is 0 Å². The van der Waals surface area contributed by atoms with Gasteiger partial charge in [-0.05, 0) is 93.2 Å². The summed E-state index contributed by atoms with van der Waals surface area (Å²) in [6.07, 6.45) is 0. The molecule has 0 saturated carbocycles. The lowest BCUT2D eigenvalue weighted by molar-refractivity contribution is 0.661. The first-order valence-electron chi connectivity index (χ1n) is 15.6. The minimum Gasteiger partial charge on any atom is -0.456 e. The van der Waals surface area contributed by atoms with Crippen molar-refractivity contribution in [2.45, 2.75) is 19.3 Å². The molecule has 9 rings (SSSR count). The molecule has 0 saturated heterocycles. The molecule has 214 valence electrons. The average Bonchev–Trinajstić information content (AvgIpc) is 3.56. The summed E-state index contributed by atoms with van der Waals surface area (Å²) in [5, 5.41) is 4.73. The summed E-state index contributed by atoms with van der Waals surface area (Å²) in [4.78, 5) is 2.40. The van der Waals surface area contributed by atoms with Crippen LogP contribution in [0.3, 0.4) is 0 Å². The molecule has 0 atom stereocenters. The van der Waals surface area contributed by atoms with Gasteiger partial charge in [0.2, 0.25) is 0 Å². The predicted molar refractivity (Wildman–Crippen MR) is 189 cm³/mol. The fourth-order valence-corrected chi connectivity index (χ4v) is 7.38. The maximum Gasteiger partial charge on any atom is 0.135 e. The Kier molecular flexibility index (Phi) is 5.58. The molecular formula is C43H31NO. The van der Waals surface area contributed by atoms with Crippen molar-refractivity contribution in [1.82, 2.24) is 0 Å². The van der Waals surface area contributed by atoms with Crippen LogP contribution in [-0.4, -0.2) is 0 Å². The fourth-order valence-electron chi connectivity index (χ4n) is 7.38. The van der Waals surface area contributed by atoms with Gasteiger partial charge in [0.1, 0.15) is 11.2 Å². The smallest absolute Gasteiger partial charge is 0.135 e. The molecule has 1 heterocycles. The molecule has 0 aliphatic heterocycles. The van der Waals surface area contributed by atoms with Crippen LogP contribution in [0.25, 0.3) is 55.0 Å². The molecule has 45 heavy (non-hydrogen) atoms. The van der Waals surface area contributed by atoms with Gasteiger partial charge in [-0.15, -0.1) is 0 Å². The topological polar surface area (TPSA) is 16.4 Å². The van der Waals surface area contributed by atoms with Crippen molar-refractivity contribution in [3.8, 4) is 22.3 Å². The molecule has 2 heteroatoms. The quantitative estimate of drug-likeness (QED) is 0.207. The van der Waals surface area contributed by atoms with Crippen LogP contribution in [0.2, 0.25) is 0 Å². The monoisotopic (exact) mass is 577 g/mol. The molecular weight excluding hydrogens is 546 g/mol. The zero-order valence-electron chi connectivity index (χ0n) is 25.3. The number of para-hydroxylation sites is 2. The summed E-state index contributed by atoms with van der Waals surface area (Å²) in [5.41, 5.74) is 12.9. The first-order chi connectivity index (χ1) is 22.1. The van der Waals surface area contributed by atoms with Crippen molar-refractivity contribution >= 4 is 49.8 Å². The first kappa shape index (κ1) is 25.9. The molecule has 7 aromatic carbocycles. The largest absolute Gasteiger partial charge is 0.456 e. The zero-order valence-corrected chi connectivity index (χ0v) is 25.3. The summed E-state index contributed by atoms with van der Waals surface area (Å²) < 4.78 is 6.22. The number of anilines is 3. The van der Waals surface area contributed by atoms with Gasteiger partial charge in [0.05, 0.1) is 5.69 Å². The Balaban J connectivity index is 1.28. The van der Waals surface area contributed by atoms with Crippen LogP contribution >= 0.6 is 0 Å².